The standard InChI is InChI=1S/C13H18ClN3O/c14-12-5-1-3-10(7-12)8-17-6-2-4-11(9-17)13(18)16-15/h1,3,5,7,11H,2,4,6,8-9,15H2,(H,16,18)/p+1/t11-/m1/s1. The number of halogens is 1. The zero-order chi connectivity index (χ0) is 13.0. The normalized spacial score (nSPS) is 23.7. The predicted molar refractivity (Wildman–Crippen MR) is 70.9 cm³/mol. The van der Waals surface area contributed by atoms with E-state index in [9.17, 15) is 4.79 Å². The molecule has 2 atom stereocenters. The number of benzene rings is 1. The van der Waals surface area contributed by atoms with Gasteiger partial charge in [-0.1, -0.05) is 23.7 Å². The van der Waals surface area contributed by atoms with Crippen LogP contribution in [0.5, 0.6) is 0 Å². The molecular formula is C13H19ClN3O+. The number of hydrazine groups is 1. The van der Waals surface area contributed by atoms with Crippen LogP contribution in [-0.2, 0) is 11.3 Å². The molecule has 1 unspecified atom stereocenters. The Morgan fingerprint density at radius 2 is 2.39 bits per heavy atom. The molecule has 98 valence electrons. The van der Waals surface area contributed by atoms with Gasteiger partial charge in [-0.2, -0.15) is 0 Å². The number of piperidine rings is 1. The largest absolute Gasteiger partial charge is 0.331 e. The molecule has 1 heterocycles. The Bertz CT molecular complexity index is 424. The van der Waals surface area contributed by atoms with Crippen LogP contribution in [0.1, 0.15) is 18.4 Å². The Kier molecular flexibility index (Phi) is 4.58. The average molecular weight is 269 g/mol. The third-order valence-corrected chi connectivity index (χ3v) is 3.71. The van der Waals surface area contributed by atoms with Gasteiger partial charge in [-0.25, -0.2) is 5.84 Å². The maximum absolute atomic E-state index is 11.5. The lowest BCUT2D eigenvalue weighted by Crippen LogP contribution is -3.12. The molecule has 0 spiro atoms. The Labute approximate surface area is 112 Å². The highest BCUT2D eigenvalue weighted by molar-refractivity contribution is 6.30. The van der Waals surface area contributed by atoms with E-state index >= 15 is 0 Å². The summed E-state index contributed by atoms with van der Waals surface area (Å²) >= 11 is 5.97. The van der Waals surface area contributed by atoms with Crippen molar-refractivity contribution in [2.24, 2.45) is 11.8 Å². The van der Waals surface area contributed by atoms with E-state index in [2.05, 4.69) is 11.5 Å². The molecule has 5 heteroatoms. The van der Waals surface area contributed by atoms with Crippen LogP contribution in [0, 0.1) is 5.92 Å². The van der Waals surface area contributed by atoms with Gasteiger partial charge >= 0.3 is 0 Å². The maximum atomic E-state index is 11.5. The van der Waals surface area contributed by atoms with Gasteiger partial charge in [-0.05, 0) is 25.0 Å². The lowest BCUT2D eigenvalue weighted by Gasteiger charge is -2.28. The van der Waals surface area contributed by atoms with Gasteiger partial charge in [0.2, 0.25) is 5.91 Å². The molecule has 0 bridgehead atoms. The molecule has 0 aliphatic carbocycles. The molecule has 4 N–H and O–H groups in total. The number of carbonyl (C=O) groups is 1. The van der Waals surface area contributed by atoms with Crippen LogP contribution >= 0.6 is 11.6 Å². The molecular weight excluding hydrogens is 250 g/mol. The molecule has 1 fully saturated rings. The first kappa shape index (κ1) is 13.3. The van der Waals surface area contributed by atoms with Gasteiger partial charge in [0.05, 0.1) is 19.0 Å². The lowest BCUT2D eigenvalue weighted by molar-refractivity contribution is -0.921. The summed E-state index contributed by atoms with van der Waals surface area (Å²) in [5, 5.41) is 0.764. The van der Waals surface area contributed by atoms with Crippen molar-refractivity contribution in [3.05, 3.63) is 34.9 Å². The highest BCUT2D eigenvalue weighted by Crippen LogP contribution is 2.11. The van der Waals surface area contributed by atoms with Crippen molar-refractivity contribution < 1.29 is 9.69 Å². The summed E-state index contributed by atoms with van der Waals surface area (Å²) in [6.07, 6.45) is 2.00. The van der Waals surface area contributed by atoms with Gasteiger partial charge in [0.25, 0.3) is 0 Å². The van der Waals surface area contributed by atoms with E-state index in [1.165, 1.54) is 10.5 Å². The smallest absolute Gasteiger partial charge is 0.242 e. The molecule has 1 aliphatic rings. The monoisotopic (exact) mass is 268 g/mol. The number of amides is 1. The average Bonchev–Trinajstić information content (AvgIpc) is 2.38. The minimum absolute atomic E-state index is 0.0398. The predicted octanol–water partition coefficient (Wildman–Crippen LogP) is 0.125. The van der Waals surface area contributed by atoms with Crippen molar-refractivity contribution in [3.8, 4) is 0 Å². The maximum Gasteiger partial charge on any atom is 0.242 e. The van der Waals surface area contributed by atoms with Crippen LogP contribution in [-0.4, -0.2) is 19.0 Å². The molecule has 1 aliphatic heterocycles. The van der Waals surface area contributed by atoms with Gasteiger partial charge in [-0.3, -0.25) is 10.2 Å². The van der Waals surface area contributed by atoms with Crippen LogP contribution in [0.15, 0.2) is 24.3 Å². The molecule has 1 saturated heterocycles. The van der Waals surface area contributed by atoms with E-state index in [0.29, 0.717) is 0 Å². The summed E-state index contributed by atoms with van der Waals surface area (Å²) < 4.78 is 0. The number of likely N-dealkylation sites (tertiary alicyclic amines) is 1. The van der Waals surface area contributed by atoms with Gasteiger partial charge in [0.15, 0.2) is 0 Å². The van der Waals surface area contributed by atoms with E-state index < -0.39 is 0 Å². The second-order valence-corrected chi connectivity index (χ2v) is 5.29. The number of quaternary nitrogens is 1. The zero-order valence-electron chi connectivity index (χ0n) is 10.3. The SMILES string of the molecule is NNC(=O)[C@@H]1CCC[NH+](Cc2cccc(Cl)c2)C1. The Balaban J connectivity index is 1.95. The number of nitrogens with one attached hydrogen (secondary N) is 2. The summed E-state index contributed by atoms with van der Waals surface area (Å²) in [5.74, 6) is 5.19. The minimum atomic E-state index is -0.0432. The van der Waals surface area contributed by atoms with Crippen molar-refractivity contribution >= 4 is 17.5 Å². The van der Waals surface area contributed by atoms with Crippen LogP contribution in [0.2, 0.25) is 5.02 Å². The number of carbonyl (C=O) groups excluding carboxylic acids is 1. The van der Waals surface area contributed by atoms with Gasteiger partial charge in [0, 0.05) is 10.6 Å². The number of rotatable bonds is 3. The molecule has 1 amide bonds. The lowest BCUT2D eigenvalue weighted by atomic mass is 9.97. The molecule has 4 nitrogen and oxygen atoms in total. The van der Waals surface area contributed by atoms with Crippen molar-refractivity contribution in [1.82, 2.24) is 5.43 Å². The fourth-order valence-electron chi connectivity index (χ4n) is 2.59. The van der Waals surface area contributed by atoms with Gasteiger partial charge in [-0.15, -0.1) is 0 Å². The number of hydrogen-bond acceptors (Lipinski definition) is 2. The highest BCUT2D eigenvalue weighted by Gasteiger charge is 2.28. The van der Waals surface area contributed by atoms with Gasteiger partial charge in [0.1, 0.15) is 6.54 Å². The third-order valence-electron chi connectivity index (χ3n) is 3.47. The molecule has 0 aromatic heterocycles. The second-order valence-electron chi connectivity index (χ2n) is 4.86. The van der Waals surface area contributed by atoms with Crippen LogP contribution in [0.4, 0.5) is 0 Å². The van der Waals surface area contributed by atoms with E-state index in [-0.39, 0.29) is 11.8 Å². The van der Waals surface area contributed by atoms with E-state index in [4.69, 9.17) is 17.4 Å². The molecule has 0 radical (unpaired) electrons. The first-order valence-electron chi connectivity index (χ1n) is 6.27. The fraction of sp³-hybridized carbons (Fsp3) is 0.462. The van der Waals surface area contributed by atoms with Crippen LogP contribution < -0.4 is 16.2 Å². The summed E-state index contributed by atoms with van der Waals surface area (Å²) in [5.41, 5.74) is 3.47. The van der Waals surface area contributed by atoms with E-state index in [0.717, 1.165) is 37.5 Å². The highest BCUT2D eigenvalue weighted by atomic mass is 35.5. The summed E-state index contributed by atoms with van der Waals surface area (Å²) in [4.78, 5) is 13.0. The summed E-state index contributed by atoms with van der Waals surface area (Å²) in [7, 11) is 0. The van der Waals surface area contributed by atoms with Crippen molar-refractivity contribution in [1.29, 1.82) is 0 Å². The van der Waals surface area contributed by atoms with E-state index in [1.807, 2.05) is 18.2 Å². The molecule has 18 heavy (non-hydrogen) atoms. The topological polar surface area (TPSA) is 59.6 Å². The third kappa shape index (κ3) is 3.45. The molecule has 2 rings (SSSR count). The van der Waals surface area contributed by atoms with Gasteiger partial charge < -0.3 is 4.90 Å². The molecule has 1 aromatic rings. The van der Waals surface area contributed by atoms with Crippen LogP contribution in [0.3, 0.4) is 0 Å². The number of nitrogens with two attached hydrogens (primary N) is 1. The first-order valence-corrected chi connectivity index (χ1v) is 6.65. The Morgan fingerprint density at radius 3 is 3.11 bits per heavy atom. The first-order chi connectivity index (χ1) is 8.69. The Morgan fingerprint density at radius 1 is 1.56 bits per heavy atom. The van der Waals surface area contributed by atoms with E-state index in [1.54, 1.807) is 0 Å². The molecule has 1 aromatic carbocycles. The van der Waals surface area contributed by atoms with Crippen molar-refractivity contribution in [2.45, 2.75) is 19.4 Å². The summed E-state index contributed by atoms with van der Waals surface area (Å²) in [6.45, 7) is 2.85. The fourth-order valence-corrected chi connectivity index (χ4v) is 2.80. The molecule has 0 saturated carbocycles. The van der Waals surface area contributed by atoms with Crippen molar-refractivity contribution in [2.75, 3.05) is 13.1 Å². The number of hydrogen-bond donors (Lipinski definition) is 3. The zero-order valence-corrected chi connectivity index (χ0v) is 11.0. The minimum Gasteiger partial charge on any atom is -0.331 e. The Hall–Kier alpha value is -1.10. The van der Waals surface area contributed by atoms with Crippen LogP contribution in [0.25, 0.3) is 0 Å². The van der Waals surface area contributed by atoms with Crippen molar-refractivity contribution in [3.63, 3.8) is 0 Å². The second kappa shape index (κ2) is 6.18. The summed E-state index contributed by atoms with van der Waals surface area (Å²) in [6, 6.07) is 7.90. The quantitative estimate of drug-likeness (QED) is 0.415.